The molecule has 0 saturated heterocycles. The quantitative estimate of drug-likeness (QED) is 0.754. The van der Waals surface area contributed by atoms with Crippen molar-refractivity contribution >= 4 is 5.97 Å². The van der Waals surface area contributed by atoms with Crippen LogP contribution in [0, 0.1) is 5.92 Å². The first-order chi connectivity index (χ1) is 6.70. The van der Waals surface area contributed by atoms with Crippen LogP contribution in [0.5, 0.6) is 0 Å². The van der Waals surface area contributed by atoms with Gasteiger partial charge < -0.3 is 10.8 Å². The van der Waals surface area contributed by atoms with E-state index < -0.39 is 5.97 Å². The van der Waals surface area contributed by atoms with Crippen LogP contribution in [-0.2, 0) is 0 Å². The van der Waals surface area contributed by atoms with Crippen molar-refractivity contribution in [2.24, 2.45) is 11.7 Å². The number of pyridine rings is 1. The molecule has 4 heteroatoms. The van der Waals surface area contributed by atoms with Gasteiger partial charge in [0.15, 0.2) is 0 Å². The van der Waals surface area contributed by atoms with Gasteiger partial charge in [-0.1, -0.05) is 0 Å². The van der Waals surface area contributed by atoms with Gasteiger partial charge in [0.05, 0.1) is 17.3 Å². The van der Waals surface area contributed by atoms with Crippen molar-refractivity contribution in [2.45, 2.75) is 18.9 Å². The largest absolute Gasteiger partial charge is 0.478 e. The van der Waals surface area contributed by atoms with E-state index in [1.807, 2.05) is 0 Å². The minimum Gasteiger partial charge on any atom is -0.478 e. The summed E-state index contributed by atoms with van der Waals surface area (Å²) in [4.78, 5) is 14.9. The number of nitrogens with zero attached hydrogens (tertiary/aromatic N) is 1. The van der Waals surface area contributed by atoms with E-state index in [2.05, 4.69) is 4.98 Å². The fraction of sp³-hybridized carbons (Fsp3) is 0.400. The molecule has 1 fully saturated rings. The van der Waals surface area contributed by atoms with Gasteiger partial charge in [-0.2, -0.15) is 0 Å². The van der Waals surface area contributed by atoms with Crippen LogP contribution in [0.4, 0.5) is 0 Å². The number of aromatic carboxylic acids is 1. The molecule has 14 heavy (non-hydrogen) atoms. The third-order valence-electron chi connectivity index (χ3n) is 2.51. The van der Waals surface area contributed by atoms with E-state index in [4.69, 9.17) is 10.8 Å². The zero-order valence-corrected chi connectivity index (χ0v) is 7.68. The van der Waals surface area contributed by atoms with E-state index >= 15 is 0 Å². The third-order valence-corrected chi connectivity index (χ3v) is 2.51. The summed E-state index contributed by atoms with van der Waals surface area (Å²) in [7, 11) is 0. The number of carboxylic acids is 1. The number of carboxylic acid groups (broad SMARTS) is 1. The summed E-state index contributed by atoms with van der Waals surface area (Å²) in [5.41, 5.74) is 6.66. The standard InChI is InChI=1S/C10H12N2O2/c11-8(6-3-4-6)9-7(10(13)14)2-1-5-12-9/h1-2,5-6,8H,3-4,11H2,(H,13,14). The Hall–Kier alpha value is -1.42. The van der Waals surface area contributed by atoms with E-state index in [0.717, 1.165) is 12.8 Å². The molecule has 1 aliphatic carbocycles. The molecule has 1 atom stereocenters. The lowest BCUT2D eigenvalue weighted by Gasteiger charge is -2.11. The maximum atomic E-state index is 10.9. The van der Waals surface area contributed by atoms with Gasteiger partial charge in [-0.05, 0) is 30.9 Å². The van der Waals surface area contributed by atoms with Crippen LogP contribution in [0.2, 0.25) is 0 Å². The molecule has 0 spiro atoms. The number of nitrogens with two attached hydrogens (primary N) is 1. The lowest BCUT2D eigenvalue weighted by atomic mass is 10.0. The van der Waals surface area contributed by atoms with Gasteiger partial charge in [0.2, 0.25) is 0 Å². The van der Waals surface area contributed by atoms with Crippen LogP contribution in [-0.4, -0.2) is 16.1 Å². The fourth-order valence-electron chi connectivity index (χ4n) is 1.54. The second-order valence-corrected chi connectivity index (χ2v) is 3.60. The molecule has 3 N–H and O–H groups in total. The molecule has 0 bridgehead atoms. The Morgan fingerprint density at radius 2 is 2.36 bits per heavy atom. The molecule has 0 radical (unpaired) electrons. The third kappa shape index (κ3) is 1.61. The molecule has 0 amide bonds. The Morgan fingerprint density at radius 3 is 2.93 bits per heavy atom. The number of aromatic nitrogens is 1. The maximum Gasteiger partial charge on any atom is 0.337 e. The zero-order valence-electron chi connectivity index (χ0n) is 7.68. The summed E-state index contributed by atoms with van der Waals surface area (Å²) in [5.74, 6) is -0.535. The van der Waals surface area contributed by atoms with Gasteiger partial charge in [-0.15, -0.1) is 0 Å². The summed E-state index contributed by atoms with van der Waals surface area (Å²) in [6.07, 6.45) is 3.75. The van der Waals surface area contributed by atoms with E-state index in [9.17, 15) is 4.79 Å². The molecule has 0 aliphatic heterocycles. The molecule has 2 rings (SSSR count). The van der Waals surface area contributed by atoms with Gasteiger partial charge >= 0.3 is 5.97 Å². The minimum absolute atomic E-state index is 0.220. The van der Waals surface area contributed by atoms with Crippen LogP contribution in [0.15, 0.2) is 18.3 Å². The van der Waals surface area contributed by atoms with Gasteiger partial charge in [-0.25, -0.2) is 4.79 Å². The Morgan fingerprint density at radius 1 is 1.64 bits per heavy atom. The van der Waals surface area contributed by atoms with Crippen molar-refractivity contribution in [3.8, 4) is 0 Å². The molecule has 1 heterocycles. The predicted molar refractivity (Wildman–Crippen MR) is 50.8 cm³/mol. The zero-order chi connectivity index (χ0) is 10.1. The fourth-order valence-corrected chi connectivity index (χ4v) is 1.54. The van der Waals surface area contributed by atoms with E-state index in [1.54, 1.807) is 18.3 Å². The van der Waals surface area contributed by atoms with E-state index in [1.165, 1.54) is 0 Å². The topological polar surface area (TPSA) is 76.2 Å². The average Bonchev–Trinajstić information content (AvgIpc) is 3.00. The molecule has 1 aromatic rings. The molecule has 1 unspecified atom stereocenters. The lowest BCUT2D eigenvalue weighted by Crippen LogP contribution is -2.18. The van der Waals surface area contributed by atoms with Gasteiger partial charge in [0.1, 0.15) is 0 Å². The number of rotatable bonds is 3. The van der Waals surface area contributed by atoms with Crippen LogP contribution in [0.1, 0.15) is 34.9 Å². The summed E-state index contributed by atoms with van der Waals surface area (Å²) in [6, 6.07) is 2.95. The molecule has 1 saturated carbocycles. The normalized spacial score (nSPS) is 17.8. The average molecular weight is 192 g/mol. The van der Waals surface area contributed by atoms with Gasteiger partial charge in [-0.3, -0.25) is 4.98 Å². The first kappa shape index (κ1) is 9.15. The first-order valence-corrected chi connectivity index (χ1v) is 4.64. The lowest BCUT2D eigenvalue weighted by molar-refractivity contribution is 0.0694. The van der Waals surface area contributed by atoms with Crippen molar-refractivity contribution in [1.29, 1.82) is 0 Å². The van der Waals surface area contributed by atoms with Crippen molar-refractivity contribution in [3.63, 3.8) is 0 Å². The molecule has 4 nitrogen and oxygen atoms in total. The van der Waals surface area contributed by atoms with Gasteiger partial charge in [0, 0.05) is 6.20 Å². The second-order valence-electron chi connectivity index (χ2n) is 3.60. The van der Waals surface area contributed by atoms with Gasteiger partial charge in [0.25, 0.3) is 0 Å². The highest BCUT2D eigenvalue weighted by atomic mass is 16.4. The Balaban J connectivity index is 2.34. The maximum absolute atomic E-state index is 10.9. The molecule has 0 aromatic carbocycles. The van der Waals surface area contributed by atoms with Crippen LogP contribution >= 0.6 is 0 Å². The van der Waals surface area contributed by atoms with Crippen LogP contribution < -0.4 is 5.73 Å². The highest BCUT2D eigenvalue weighted by Gasteiger charge is 2.32. The smallest absolute Gasteiger partial charge is 0.337 e. The Labute approximate surface area is 81.8 Å². The summed E-state index contributed by atoms with van der Waals surface area (Å²) in [6.45, 7) is 0. The summed E-state index contributed by atoms with van der Waals surface area (Å²) < 4.78 is 0. The highest BCUT2D eigenvalue weighted by Crippen LogP contribution is 2.39. The van der Waals surface area contributed by atoms with E-state index in [-0.39, 0.29) is 11.6 Å². The molecule has 1 aliphatic rings. The summed E-state index contributed by atoms with van der Waals surface area (Å²) >= 11 is 0. The van der Waals surface area contributed by atoms with Crippen molar-refractivity contribution in [3.05, 3.63) is 29.6 Å². The van der Waals surface area contributed by atoms with Crippen molar-refractivity contribution in [1.82, 2.24) is 4.98 Å². The second kappa shape index (κ2) is 3.38. The highest BCUT2D eigenvalue weighted by molar-refractivity contribution is 5.88. The SMILES string of the molecule is NC(c1ncccc1C(=O)O)C1CC1. The molecular formula is C10H12N2O2. The number of hydrogen-bond acceptors (Lipinski definition) is 3. The van der Waals surface area contributed by atoms with Crippen molar-refractivity contribution < 1.29 is 9.90 Å². The minimum atomic E-state index is -0.954. The Bertz CT molecular complexity index is 361. The van der Waals surface area contributed by atoms with Crippen molar-refractivity contribution in [2.75, 3.05) is 0 Å². The number of carbonyl (C=O) groups is 1. The van der Waals surface area contributed by atoms with Crippen LogP contribution in [0.25, 0.3) is 0 Å². The predicted octanol–water partition coefficient (Wildman–Crippen LogP) is 1.19. The first-order valence-electron chi connectivity index (χ1n) is 4.64. The van der Waals surface area contributed by atoms with E-state index in [0.29, 0.717) is 11.6 Å². The van der Waals surface area contributed by atoms with Crippen LogP contribution in [0.3, 0.4) is 0 Å². The molecule has 74 valence electrons. The summed E-state index contributed by atoms with van der Waals surface area (Å²) in [5, 5.41) is 8.92. The Kier molecular flexibility index (Phi) is 2.21. The molecular weight excluding hydrogens is 180 g/mol. The monoisotopic (exact) mass is 192 g/mol. The molecule has 1 aromatic heterocycles. The number of hydrogen-bond donors (Lipinski definition) is 2.